The second kappa shape index (κ2) is 23.1. The van der Waals surface area contributed by atoms with Gasteiger partial charge in [0.2, 0.25) is 17.6 Å². The highest BCUT2D eigenvalue weighted by atomic mass is 16.5. The van der Waals surface area contributed by atoms with Gasteiger partial charge in [-0.1, -0.05) is 45.0 Å². The SMILES string of the molecule is CCC(C)(C)C(=O)C(=O)N1CCC[C@H]1C(=O)O[C@H](CCc1ccc(OC)c(OC)c1)c1cccc(OCC(=O)NCCCCNC(=O)COc2cccc3c2C(=O)N(C2CCC(=O)NC2=O)C3=O)c1. The molecule has 3 atom stereocenters. The monoisotopic (exact) mass is 953 g/mol. The van der Waals surface area contributed by atoms with Crippen molar-refractivity contribution in [3.8, 4) is 23.0 Å². The van der Waals surface area contributed by atoms with E-state index >= 15 is 0 Å². The number of methoxy groups -OCH3 is 2. The van der Waals surface area contributed by atoms with Gasteiger partial charge in [0, 0.05) is 31.5 Å². The summed E-state index contributed by atoms with van der Waals surface area (Å²) < 4.78 is 28.5. The molecule has 0 spiro atoms. The Labute approximate surface area is 399 Å². The Bertz CT molecular complexity index is 2470. The molecule has 3 aromatic rings. The van der Waals surface area contributed by atoms with E-state index in [0.717, 1.165) is 10.5 Å². The number of hydrogen-bond acceptors (Lipinski definition) is 14. The number of unbranched alkanes of at least 4 members (excludes halogenated alkanes) is 1. The number of ketones is 1. The van der Waals surface area contributed by atoms with E-state index in [4.69, 9.17) is 23.7 Å². The van der Waals surface area contributed by atoms with Gasteiger partial charge in [0.15, 0.2) is 24.7 Å². The Hall–Kier alpha value is -7.31. The quantitative estimate of drug-likeness (QED) is 0.0531. The number of likely N-dealkylation sites (tertiary alicyclic amines) is 1. The van der Waals surface area contributed by atoms with Crippen LogP contribution in [-0.4, -0.2) is 122 Å². The molecule has 3 aliphatic rings. The molecule has 3 heterocycles. The molecular formula is C50H59N5O14. The largest absolute Gasteiger partial charge is 0.493 e. The van der Waals surface area contributed by atoms with Crippen molar-refractivity contribution in [3.63, 3.8) is 0 Å². The van der Waals surface area contributed by atoms with E-state index < -0.39 is 77.4 Å². The smallest absolute Gasteiger partial charge is 0.329 e. The van der Waals surface area contributed by atoms with E-state index in [1.54, 1.807) is 58.4 Å². The van der Waals surface area contributed by atoms with Crippen LogP contribution in [0, 0.1) is 5.41 Å². The second-order valence-electron chi connectivity index (χ2n) is 17.6. The Kier molecular flexibility index (Phi) is 17.1. The molecule has 69 heavy (non-hydrogen) atoms. The third kappa shape index (κ3) is 12.4. The van der Waals surface area contributed by atoms with Crippen LogP contribution < -0.4 is 34.9 Å². The molecule has 0 aromatic heterocycles. The number of nitrogens with zero attached hydrogens (tertiary/aromatic N) is 2. The zero-order chi connectivity index (χ0) is 49.8. The highest BCUT2D eigenvalue weighted by molar-refractivity contribution is 6.38. The Morgan fingerprint density at radius 3 is 2.19 bits per heavy atom. The molecule has 0 aliphatic carbocycles. The van der Waals surface area contributed by atoms with Crippen LogP contribution >= 0.6 is 0 Å². The van der Waals surface area contributed by atoms with Crippen LogP contribution in [0.5, 0.6) is 23.0 Å². The number of amides is 7. The van der Waals surface area contributed by atoms with Gasteiger partial charge in [0.05, 0.1) is 25.3 Å². The number of esters is 1. The molecule has 2 saturated heterocycles. The molecule has 0 radical (unpaired) electrons. The molecule has 6 rings (SSSR count). The van der Waals surface area contributed by atoms with Gasteiger partial charge in [-0.05, 0) is 98.9 Å². The molecule has 7 amide bonds. The van der Waals surface area contributed by atoms with E-state index in [9.17, 15) is 43.2 Å². The Balaban J connectivity index is 0.970. The molecule has 19 heteroatoms. The normalized spacial score (nSPS) is 17.1. The van der Waals surface area contributed by atoms with Crippen LogP contribution in [0.3, 0.4) is 0 Å². The van der Waals surface area contributed by atoms with E-state index in [0.29, 0.717) is 74.3 Å². The summed E-state index contributed by atoms with van der Waals surface area (Å²) in [6, 6.07) is 14.7. The third-order valence-electron chi connectivity index (χ3n) is 12.5. The number of piperidine rings is 1. The first-order valence-electron chi connectivity index (χ1n) is 23.1. The van der Waals surface area contributed by atoms with Crippen LogP contribution in [-0.2, 0) is 44.7 Å². The van der Waals surface area contributed by atoms with Crippen LogP contribution in [0.4, 0.5) is 0 Å². The summed E-state index contributed by atoms with van der Waals surface area (Å²) in [5, 5.41) is 7.65. The molecule has 368 valence electrons. The second-order valence-corrected chi connectivity index (χ2v) is 17.6. The highest BCUT2D eigenvalue weighted by Gasteiger charge is 2.46. The average Bonchev–Trinajstić information content (AvgIpc) is 3.94. The first-order valence-corrected chi connectivity index (χ1v) is 23.1. The summed E-state index contributed by atoms with van der Waals surface area (Å²) in [6.45, 7) is 5.32. The number of rotatable bonds is 23. The van der Waals surface area contributed by atoms with Gasteiger partial charge in [-0.2, -0.15) is 0 Å². The number of Topliss-reactive ketones (excluding diaryl/α,β-unsaturated/α-hetero) is 1. The van der Waals surface area contributed by atoms with Gasteiger partial charge in [0.25, 0.3) is 29.5 Å². The molecular weight excluding hydrogens is 895 g/mol. The lowest BCUT2D eigenvalue weighted by molar-refractivity contribution is -0.161. The van der Waals surface area contributed by atoms with Crippen molar-refractivity contribution < 1.29 is 66.8 Å². The van der Waals surface area contributed by atoms with Crippen LogP contribution in [0.2, 0.25) is 0 Å². The average molecular weight is 954 g/mol. The number of carbonyl (C=O) groups is 9. The molecule has 3 aromatic carbocycles. The van der Waals surface area contributed by atoms with Crippen LogP contribution in [0.25, 0.3) is 0 Å². The van der Waals surface area contributed by atoms with Gasteiger partial charge >= 0.3 is 5.97 Å². The number of aryl methyl sites for hydroxylation is 1. The van der Waals surface area contributed by atoms with Crippen molar-refractivity contribution in [3.05, 3.63) is 82.9 Å². The predicted molar refractivity (Wildman–Crippen MR) is 246 cm³/mol. The molecule has 0 bridgehead atoms. The maximum absolute atomic E-state index is 13.9. The Morgan fingerprint density at radius 2 is 1.51 bits per heavy atom. The van der Waals surface area contributed by atoms with Crippen LogP contribution in [0.1, 0.15) is 110 Å². The van der Waals surface area contributed by atoms with E-state index in [2.05, 4.69) is 16.0 Å². The summed E-state index contributed by atoms with van der Waals surface area (Å²) in [5.41, 5.74) is 0.589. The number of fused-ring (bicyclic) bond motifs is 1. The van der Waals surface area contributed by atoms with Crippen LogP contribution in [0.15, 0.2) is 60.7 Å². The lowest BCUT2D eigenvalue weighted by atomic mass is 9.84. The summed E-state index contributed by atoms with van der Waals surface area (Å²) >= 11 is 0. The van der Waals surface area contributed by atoms with Crippen molar-refractivity contribution in [2.45, 2.75) is 96.7 Å². The molecule has 1 unspecified atom stereocenters. The first-order chi connectivity index (χ1) is 33.1. The fraction of sp³-hybridized carbons (Fsp3) is 0.460. The van der Waals surface area contributed by atoms with Gasteiger partial charge in [-0.3, -0.25) is 48.6 Å². The molecule has 19 nitrogen and oxygen atoms in total. The van der Waals surface area contributed by atoms with Gasteiger partial charge in [0.1, 0.15) is 29.7 Å². The minimum Gasteiger partial charge on any atom is -0.493 e. The van der Waals surface area contributed by atoms with Crippen molar-refractivity contribution in [2.75, 3.05) is 47.1 Å². The fourth-order valence-electron chi connectivity index (χ4n) is 8.19. The number of imide groups is 2. The lowest BCUT2D eigenvalue weighted by Crippen LogP contribution is -2.54. The van der Waals surface area contributed by atoms with Crippen molar-refractivity contribution >= 4 is 53.1 Å². The number of ether oxygens (including phenoxy) is 5. The zero-order valence-electron chi connectivity index (χ0n) is 39.5. The minimum absolute atomic E-state index is 0.00502. The number of nitrogens with one attached hydrogen (secondary N) is 3. The van der Waals surface area contributed by atoms with E-state index in [1.165, 1.54) is 23.1 Å². The topological polar surface area (TPSA) is 242 Å². The van der Waals surface area contributed by atoms with Gasteiger partial charge in [-0.25, -0.2) is 4.79 Å². The summed E-state index contributed by atoms with van der Waals surface area (Å²) in [4.78, 5) is 118. The van der Waals surface area contributed by atoms with E-state index in [-0.39, 0.29) is 55.3 Å². The number of carbonyl (C=O) groups excluding carboxylic acids is 9. The van der Waals surface area contributed by atoms with Crippen molar-refractivity contribution in [1.29, 1.82) is 0 Å². The molecule has 3 aliphatic heterocycles. The number of hydrogen-bond donors (Lipinski definition) is 3. The van der Waals surface area contributed by atoms with Gasteiger partial charge in [-0.15, -0.1) is 0 Å². The lowest BCUT2D eigenvalue weighted by Gasteiger charge is -2.28. The van der Waals surface area contributed by atoms with Gasteiger partial charge < -0.3 is 39.2 Å². The first kappa shape index (κ1) is 51.1. The third-order valence-corrected chi connectivity index (χ3v) is 12.5. The van der Waals surface area contributed by atoms with Crippen molar-refractivity contribution in [2.24, 2.45) is 5.41 Å². The molecule has 0 saturated carbocycles. The summed E-state index contributed by atoms with van der Waals surface area (Å²) in [6.07, 6.45) is 2.40. The zero-order valence-corrected chi connectivity index (χ0v) is 39.5. The summed E-state index contributed by atoms with van der Waals surface area (Å²) in [7, 11) is 3.09. The fourth-order valence-corrected chi connectivity index (χ4v) is 8.19. The minimum atomic E-state index is -1.14. The van der Waals surface area contributed by atoms with Crippen molar-refractivity contribution in [1.82, 2.24) is 25.8 Å². The number of benzene rings is 3. The maximum Gasteiger partial charge on any atom is 0.329 e. The highest BCUT2D eigenvalue weighted by Crippen LogP contribution is 2.35. The maximum atomic E-state index is 13.9. The Morgan fingerprint density at radius 1 is 0.812 bits per heavy atom. The molecule has 2 fully saturated rings. The molecule has 3 N–H and O–H groups in total. The van der Waals surface area contributed by atoms with E-state index in [1.807, 2.05) is 19.1 Å². The predicted octanol–water partition coefficient (Wildman–Crippen LogP) is 3.79. The standard InChI is InChI=1S/C50H59N5O14/c1-6-50(2,3)44(59)48(63)54-25-11-15-35(54)49(64)69-36(20-17-30-18-21-37(65-4)39(26-30)66-5)31-12-9-13-32(27-31)67-28-41(57)51-23-7-8-24-52-42(58)29-68-38-16-10-14-33-43(38)47(62)55(46(33)61)34-19-22-40(56)53-45(34)60/h9-10,12-14,16,18,21,26-27,34-36H,6-8,11,15,17,19-20,22-25,28-29H2,1-5H3,(H,51,57)(H,52,58)(H,53,56,60)/t34?,35-,36+/m0/s1. The summed E-state index contributed by atoms with van der Waals surface area (Å²) in [5.74, 6) is -3.91.